The second-order valence-electron chi connectivity index (χ2n) is 7.42. The van der Waals surface area contributed by atoms with Gasteiger partial charge in [-0.2, -0.15) is 5.10 Å². The van der Waals surface area contributed by atoms with Gasteiger partial charge in [0.1, 0.15) is 5.82 Å². The standard InChI is InChI=1S/C18H21FN6O2S/c19-16-11-2-1-3-13(11)17(14-5-4-12(14)16)22-18(26)24-28(20,27)15-8-10-9-21-6-7-25(10)23-15/h8,21H,1-7,9H2,(H3,20,22,24,26,27). The average molecular weight is 404 g/mol. The summed E-state index contributed by atoms with van der Waals surface area (Å²) in [6, 6.07) is 0.833. The van der Waals surface area contributed by atoms with Crippen LogP contribution in [-0.4, -0.2) is 26.6 Å². The first-order valence-corrected chi connectivity index (χ1v) is 11.0. The summed E-state index contributed by atoms with van der Waals surface area (Å²) < 4.78 is 32.8. The zero-order valence-corrected chi connectivity index (χ0v) is 16.1. The summed E-state index contributed by atoms with van der Waals surface area (Å²) >= 11 is 0. The molecule has 2 amide bonds. The van der Waals surface area contributed by atoms with Crippen molar-refractivity contribution in [3.63, 3.8) is 0 Å². The van der Waals surface area contributed by atoms with E-state index in [1.807, 2.05) is 0 Å². The number of benzene rings is 1. The highest BCUT2D eigenvalue weighted by Crippen LogP contribution is 2.42. The first kappa shape index (κ1) is 17.8. The lowest BCUT2D eigenvalue weighted by Gasteiger charge is -2.26. The highest BCUT2D eigenvalue weighted by Gasteiger charge is 2.31. The van der Waals surface area contributed by atoms with E-state index in [9.17, 15) is 13.4 Å². The van der Waals surface area contributed by atoms with Crippen molar-refractivity contribution in [2.75, 3.05) is 11.9 Å². The number of nitrogens with zero attached hydrogens (tertiary/aromatic N) is 3. The molecule has 148 valence electrons. The van der Waals surface area contributed by atoms with E-state index in [0.29, 0.717) is 55.6 Å². The van der Waals surface area contributed by atoms with E-state index < -0.39 is 15.9 Å². The summed E-state index contributed by atoms with van der Waals surface area (Å²) in [4.78, 5) is 12.5. The third kappa shape index (κ3) is 2.75. The molecule has 1 aliphatic heterocycles. The molecule has 1 unspecified atom stereocenters. The molecule has 8 nitrogen and oxygen atoms in total. The number of anilines is 1. The van der Waals surface area contributed by atoms with Gasteiger partial charge in [0.25, 0.3) is 0 Å². The van der Waals surface area contributed by atoms with Gasteiger partial charge in [0.2, 0.25) is 0 Å². The minimum absolute atomic E-state index is 0.0960. The van der Waals surface area contributed by atoms with Crippen LogP contribution in [0.15, 0.2) is 15.5 Å². The predicted molar refractivity (Wildman–Crippen MR) is 102 cm³/mol. The molecule has 1 atom stereocenters. The number of rotatable bonds is 2. The maximum absolute atomic E-state index is 14.5. The Hall–Kier alpha value is -2.30. The highest BCUT2D eigenvalue weighted by atomic mass is 32.2. The van der Waals surface area contributed by atoms with Crippen LogP contribution >= 0.6 is 0 Å². The lowest BCUT2D eigenvalue weighted by Crippen LogP contribution is -2.28. The Morgan fingerprint density at radius 2 is 1.96 bits per heavy atom. The van der Waals surface area contributed by atoms with Crippen molar-refractivity contribution in [3.05, 3.63) is 39.8 Å². The molecular formula is C18H21FN6O2S. The second-order valence-corrected chi connectivity index (χ2v) is 9.16. The van der Waals surface area contributed by atoms with Crippen molar-refractivity contribution in [2.24, 2.45) is 9.50 Å². The van der Waals surface area contributed by atoms with E-state index in [1.165, 1.54) is 0 Å². The number of carbonyl (C=O) groups is 1. The van der Waals surface area contributed by atoms with Crippen LogP contribution in [0.5, 0.6) is 0 Å². The molecule has 5 rings (SSSR count). The minimum atomic E-state index is -3.47. The summed E-state index contributed by atoms with van der Waals surface area (Å²) in [6.45, 7) is 2.01. The van der Waals surface area contributed by atoms with Gasteiger partial charge in [-0.25, -0.2) is 18.5 Å². The van der Waals surface area contributed by atoms with Crippen molar-refractivity contribution in [1.82, 2.24) is 15.1 Å². The van der Waals surface area contributed by atoms with Crippen LogP contribution in [0.4, 0.5) is 14.9 Å². The molecule has 0 fully saturated rings. The van der Waals surface area contributed by atoms with E-state index in [4.69, 9.17) is 5.14 Å². The summed E-state index contributed by atoms with van der Waals surface area (Å²) in [5, 5.41) is 16.1. The number of amides is 2. The van der Waals surface area contributed by atoms with Gasteiger partial charge < -0.3 is 10.6 Å². The van der Waals surface area contributed by atoms with Gasteiger partial charge >= 0.3 is 6.03 Å². The first-order valence-electron chi connectivity index (χ1n) is 9.42. The normalized spacial score (nSPS) is 19.1. The third-order valence-electron chi connectivity index (χ3n) is 5.74. The fraction of sp³-hybridized carbons (Fsp3) is 0.444. The number of nitrogens with one attached hydrogen (secondary N) is 2. The quantitative estimate of drug-likeness (QED) is 0.706. The Morgan fingerprint density at radius 3 is 2.71 bits per heavy atom. The van der Waals surface area contributed by atoms with E-state index in [1.54, 1.807) is 10.7 Å². The van der Waals surface area contributed by atoms with E-state index in [2.05, 4.69) is 20.1 Å². The molecule has 0 saturated heterocycles. The number of urea groups is 1. The smallest absolute Gasteiger partial charge is 0.309 e. The maximum atomic E-state index is 14.5. The van der Waals surface area contributed by atoms with Gasteiger partial charge in [0.15, 0.2) is 14.9 Å². The highest BCUT2D eigenvalue weighted by molar-refractivity contribution is 7.91. The monoisotopic (exact) mass is 404 g/mol. The molecule has 0 spiro atoms. The van der Waals surface area contributed by atoms with E-state index >= 15 is 0 Å². The van der Waals surface area contributed by atoms with Crippen LogP contribution in [0.25, 0.3) is 0 Å². The molecule has 2 aliphatic carbocycles. The van der Waals surface area contributed by atoms with Gasteiger partial charge in [-0.1, -0.05) is 0 Å². The molecule has 2 heterocycles. The van der Waals surface area contributed by atoms with Crippen molar-refractivity contribution < 1.29 is 13.4 Å². The van der Waals surface area contributed by atoms with E-state index in [0.717, 1.165) is 29.8 Å². The summed E-state index contributed by atoms with van der Waals surface area (Å²) in [7, 11) is -3.47. The molecule has 0 bridgehead atoms. The van der Waals surface area contributed by atoms with Gasteiger partial charge in [-0.15, -0.1) is 4.36 Å². The SMILES string of the molecule is NS(=O)(=NC(=O)Nc1c2c(c(F)c3c1CC3)CCC2)c1cc2n(n1)CCNC2. The molecule has 0 radical (unpaired) electrons. The Labute approximate surface area is 162 Å². The van der Waals surface area contributed by atoms with Gasteiger partial charge in [0.05, 0.1) is 12.2 Å². The largest absolute Gasteiger partial charge is 0.354 e. The number of nitrogens with two attached hydrogens (primary N) is 1. The number of halogens is 1. The van der Waals surface area contributed by atoms with Gasteiger partial charge in [0, 0.05) is 18.8 Å². The molecule has 1 aromatic carbocycles. The van der Waals surface area contributed by atoms with E-state index in [-0.39, 0.29) is 10.8 Å². The van der Waals surface area contributed by atoms with Crippen LogP contribution in [0.3, 0.4) is 0 Å². The Bertz CT molecular complexity index is 1110. The van der Waals surface area contributed by atoms with Crippen LogP contribution in [0, 0.1) is 5.82 Å². The Balaban J connectivity index is 1.47. The number of hydrogen-bond acceptors (Lipinski definition) is 4. The lowest BCUT2D eigenvalue weighted by molar-refractivity contribution is 0.260. The van der Waals surface area contributed by atoms with Crippen molar-refractivity contribution in [2.45, 2.75) is 50.2 Å². The molecule has 0 saturated carbocycles. The molecule has 3 aliphatic rings. The number of hydrogen-bond donors (Lipinski definition) is 3. The van der Waals surface area contributed by atoms with Crippen LogP contribution < -0.4 is 15.8 Å². The van der Waals surface area contributed by atoms with Gasteiger partial charge in [-0.05, 0) is 60.4 Å². The molecule has 10 heteroatoms. The average Bonchev–Trinajstić information content (AvgIpc) is 3.26. The molecule has 28 heavy (non-hydrogen) atoms. The zero-order chi connectivity index (χ0) is 19.5. The zero-order valence-electron chi connectivity index (χ0n) is 15.3. The third-order valence-corrected chi connectivity index (χ3v) is 6.97. The molecule has 1 aromatic heterocycles. The Morgan fingerprint density at radius 1 is 1.25 bits per heavy atom. The maximum Gasteiger partial charge on any atom is 0.354 e. The fourth-order valence-corrected chi connectivity index (χ4v) is 5.19. The van der Waals surface area contributed by atoms with Crippen molar-refractivity contribution in [1.29, 1.82) is 0 Å². The summed E-state index contributed by atoms with van der Waals surface area (Å²) in [5.41, 5.74) is 4.52. The van der Waals surface area contributed by atoms with Crippen molar-refractivity contribution in [3.8, 4) is 0 Å². The molecule has 4 N–H and O–H groups in total. The van der Waals surface area contributed by atoms with Crippen LogP contribution in [0.2, 0.25) is 0 Å². The predicted octanol–water partition coefficient (Wildman–Crippen LogP) is 1.65. The topological polar surface area (TPSA) is 114 Å². The summed E-state index contributed by atoms with van der Waals surface area (Å²) in [5.74, 6) is -0.122. The Kier molecular flexibility index (Phi) is 4.04. The second kappa shape index (κ2) is 6.36. The number of aromatic nitrogens is 2. The number of carbonyl (C=O) groups excluding carboxylic acids is 1. The molecule has 2 aromatic rings. The number of fused-ring (bicyclic) bond motifs is 3. The van der Waals surface area contributed by atoms with Crippen molar-refractivity contribution >= 4 is 21.6 Å². The molecular weight excluding hydrogens is 383 g/mol. The first-order chi connectivity index (χ1) is 13.4. The fourth-order valence-electron chi connectivity index (χ4n) is 4.28. The lowest BCUT2D eigenvalue weighted by atomic mass is 9.83. The van der Waals surface area contributed by atoms with Crippen LogP contribution in [0.1, 0.15) is 34.4 Å². The summed E-state index contributed by atoms with van der Waals surface area (Å²) in [6.07, 6.45) is 3.64. The van der Waals surface area contributed by atoms with Crippen LogP contribution in [-0.2, 0) is 48.7 Å². The van der Waals surface area contributed by atoms with Gasteiger partial charge in [-0.3, -0.25) is 4.68 Å². The minimum Gasteiger partial charge on any atom is -0.309 e.